The van der Waals surface area contributed by atoms with E-state index in [0.29, 0.717) is 35.7 Å². The van der Waals surface area contributed by atoms with Gasteiger partial charge in [0.1, 0.15) is 12.4 Å². The van der Waals surface area contributed by atoms with E-state index in [4.69, 9.17) is 16.3 Å². The smallest absolute Gasteiger partial charge is 0.416 e. The number of nitrogens with one attached hydrogen (secondary N) is 1. The summed E-state index contributed by atoms with van der Waals surface area (Å²) < 4.78 is 43.0. The number of anilines is 1. The quantitative estimate of drug-likeness (QED) is 0.701. The number of amides is 2. The molecule has 0 saturated carbocycles. The number of nitrogens with zero attached hydrogens (tertiary/aromatic N) is 1. The van der Waals surface area contributed by atoms with E-state index in [1.54, 1.807) is 23.1 Å². The Morgan fingerprint density at radius 3 is 2.52 bits per heavy atom. The molecule has 5 nitrogen and oxygen atoms in total. The summed E-state index contributed by atoms with van der Waals surface area (Å²) in [5.74, 6) is -0.193. The summed E-state index contributed by atoms with van der Waals surface area (Å²) in [7, 11) is 0. The van der Waals surface area contributed by atoms with Crippen LogP contribution in [0.5, 0.6) is 5.75 Å². The first-order valence-electron chi connectivity index (χ1n) is 8.94. The first kappa shape index (κ1) is 21.0. The van der Waals surface area contributed by atoms with Crippen molar-refractivity contribution in [1.29, 1.82) is 0 Å². The van der Waals surface area contributed by atoms with Crippen LogP contribution >= 0.6 is 11.6 Å². The Hall–Kier alpha value is -2.74. The molecular formula is C20H18ClF3N2O3. The zero-order valence-electron chi connectivity index (χ0n) is 15.3. The molecule has 0 radical (unpaired) electrons. The van der Waals surface area contributed by atoms with Crippen molar-refractivity contribution in [1.82, 2.24) is 5.32 Å². The highest BCUT2D eigenvalue weighted by atomic mass is 35.5. The maximum absolute atomic E-state index is 12.5. The highest BCUT2D eigenvalue weighted by molar-refractivity contribution is 6.31. The SMILES string of the molecule is O=C(NCCOc1ccc(C(F)(F)F)cc1)c1ccc(Cl)cc1N1CCCC1=O. The van der Waals surface area contributed by atoms with Crippen molar-refractivity contribution in [2.24, 2.45) is 0 Å². The summed E-state index contributed by atoms with van der Waals surface area (Å²) in [6.45, 7) is 0.731. The largest absolute Gasteiger partial charge is 0.492 e. The van der Waals surface area contributed by atoms with Crippen LogP contribution in [0.15, 0.2) is 42.5 Å². The van der Waals surface area contributed by atoms with Crippen molar-refractivity contribution in [3.05, 3.63) is 58.6 Å². The van der Waals surface area contributed by atoms with Gasteiger partial charge in [-0.1, -0.05) is 11.6 Å². The number of halogens is 4. The lowest BCUT2D eigenvalue weighted by Crippen LogP contribution is -2.31. The fraction of sp³-hybridized carbons (Fsp3) is 0.300. The zero-order chi connectivity index (χ0) is 21.0. The molecule has 0 unspecified atom stereocenters. The van der Waals surface area contributed by atoms with Crippen molar-refractivity contribution >= 4 is 29.1 Å². The average molecular weight is 427 g/mol. The van der Waals surface area contributed by atoms with Crippen LogP contribution in [-0.4, -0.2) is 31.5 Å². The first-order chi connectivity index (χ1) is 13.8. The van der Waals surface area contributed by atoms with E-state index in [2.05, 4.69) is 5.32 Å². The number of hydrogen-bond acceptors (Lipinski definition) is 3. The molecule has 1 aliphatic heterocycles. The Bertz CT molecular complexity index is 901. The van der Waals surface area contributed by atoms with E-state index in [-0.39, 0.29) is 24.8 Å². The predicted molar refractivity (Wildman–Crippen MR) is 102 cm³/mol. The van der Waals surface area contributed by atoms with Gasteiger partial charge in [-0.3, -0.25) is 9.59 Å². The number of carbonyl (C=O) groups is 2. The van der Waals surface area contributed by atoms with Crippen LogP contribution in [0.2, 0.25) is 5.02 Å². The second kappa shape index (κ2) is 8.73. The monoisotopic (exact) mass is 426 g/mol. The lowest BCUT2D eigenvalue weighted by molar-refractivity contribution is -0.137. The van der Waals surface area contributed by atoms with E-state index in [0.717, 1.165) is 12.1 Å². The molecule has 9 heteroatoms. The number of alkyl halides is 3. The standard InChI is InChI=1S/C20H18ClF3N2O3/c21-14-5-8-16(17(12-14)26-10-1-2-18(26)27)19(28)25-9-11-29-15-6-3-13(4-7-15)20(22,23)24/h3-8,12H,1-2,9-11H2,(H,25,28). The Balaban J connectivity index is 1.57. The van der Waals surface area contributed by atoms with Crippen LogP contribution in [0, 0.1) is 0 Å². The van der Waals surface area contributed by atoms with Gasteiger partial charge in [0, 0.05) is 18.0 Å². The molecular weight excluding hydrogens is 409 g/mol. The first-order valence-corrected chi connectivity index (χ1v) is 9.31. The number of carbonyl (C=O) groups excluding carboxylic acids is 2. The second-order valence-electron chi connectivity index (χ2n) is 6.44. The van der Waals surface area contributed by atoms with Crippen LogP contribution < -0.4 is 15.0 Å². The maximum atomic E-state index is 12.5. The van der Waals surface area contributed by atoms with Crippen molar-refractivity contribution in [2.75, 3.05) is 24.6 Å². The van der Waals surface area contributed by atoms with Crippen LogP contribution in [0.1, 0.15) is 28.8 Å². The summed E-state index contributed by atoms with van der Waals surface area (Å²) in [4.78, 5) is 26.1. The summed E-state index contributed by atoms with van der Waals surface area (Å²) in [5.41, 5.74) is 0.0187. The average Bonchev–Trinajstić information content (AvgIpc) is 3.10. The molecule has 2 amide bonds. The van der Waals surface area contributed by atoms with E-state index in [1.165, 1.54) is 12.1 Å². The lowest BCUT2D eigenvalue weighted by Gasteiger charge is -2.19. The zero-order valence-corrected chi connectivity index (χ0v) is 16.0. The van der Waals surface area contributed by atoms with E-state index in [1.807, 2.05) is 0 Å². The highest BCUT2D eigenvalue weighted by Crippen LogP contribution is 2.30. The van der Waals surface area contributed by atoms with Gasteiger partial charge in [0.05, 0.1) is 23.4 Å². The lowest BCUT2D eigenvalue weighted by atomic mass is 10.1. The van der Waals surface area contributed by atoms with Gasteiger partial charge in [-0.15, -0.1) is 0 Å². The van der Waals surface area contributed by atoms with Crippen molar-refractivity contribution in [3.63, 3.8) is 0 Å². The molecule has 154 valence electrons. The summed E-state index contributed by atoms with van der Waals surface area (Å²) in [6.07, 6.45) is -3.26. The number of benzene rings is 2. The molecule has 1 saturated heterocycles. The topological polar surface area (TPSA) is 58.6 Å². The minimum absolute atomic E-state index is 0.0630. The Morgan fingerprint density at radius 1 is 1.17 bits per heavy atom. The van der Waals surface area contributed by atoms with E-state index < -0.39 is 17.6 Å². The molecule has 29 heavy (non-hydrogen) atoms. The van der Waals surface area contributed by atoms with Crippen molar-refractivity contribution < 1.29 is 27.5 Å². The van der Waals surface area contributed by atoms with Gasteiger partial charge < -0.3 is 15.0 Å². The molecule has 2 aromatic carbocycles. The fourth-order valence-corrected chi connectivity index (χ4v) is 3.16. The molecule has 1 N–H and O–H groups in total. The minimum atomic E-state index is -4.40. The molecule has 2 aromatic rings. The fourth-order valence-electron chi connectivity index (χ4n) is 2.99. The van der Waals surface area contributed by atoms with Gasteiger partial charge in [0.15, 0.2) is 0 Å². The maximum Gasteiger partial charge on any atom is 0.416 e. The highest BCUT2D eigenvalue weighted by Gasteiger charge is 2.30. The molecule has 0 bridgehead atoms. The van der Waals surface area contributed by atoms with Crippen LogP contribution in [0.3, 0.4) is 0 Å². The Labute approximate surface area is 170 Å². The molecule has 0 spiro atoms. The Kier molecular flexibility index (Phi) is 6.32. The third kappa shape index (κ3) is 5.20. The number of ether oxygens (including phenoxy) is 1. The number of hydrogen-bond donors (Lipinski definition) is 1. The molecule has 0 aliphatic carbocycles. The predicted octanol–water partition coefficient (Wildman–Crippen LogP) is 4.29. The molecule has 3 rings (SSSR count). The minimum Gasteiger partial charge on any atom is -0.492 e. The van der Waals surface area contributed by atoms with Crippen LogP contribution in [-0.2, 0) is 11.0 Å². The molecule has 1 aliphatic rings. The number of rotatable bonds is 6. The Morgan fingerprint density at radius 2 is 1.90 bits per heavy atom. The third-order valence-electron chi connectivity index (χ3n) is 4.41. The van der Waals surface area contributed by atoms with Gasteiger partial charge in [-0.2, -0.15) is 13.2 Å². The van der Waals surface area contributed by atoms with Crippen LogP contribution in [0.4, 0.5) is 18.9 Å². The summed E-state index contributed by atoms with van der Waals surface area (Å²) in [5, 5.41) is 3.10. The molecule has 1 fully saturated rings. The summed E-state index contributed by atoms with van der Waals surface area (Å²) >= 11 is 6.02. The third-order valence-corrected chi connectivity index (χ3v) is 4.64. The summed E-state index contributed by atoms with van der Waals surface area (Å²) in [6, 6.07) is 9.01. The van der Waals surface area contributed by atoms with Gasteiger partial charge in [0.2, 0.25) is 5.91 Å². The molecule has 0 atom stereocenters. The van der Waals surface area contributed by atoms with E-state index >= 15 is 0 Å². The second-order valence-corrected chi connectivity index (χ2v) is 6.87. The van der Waals surface area contributed by atoms with Gasteiger partial charge in [-0.05, 0) is 48.9 Å². The van der Waals surface area contributed by atoms with Crippen LogP contribution in [0.25, 0.3) is 0 Å². The van der Waals surface area contributed by atoms with Gasteiger partial charge >= 0.3 is 6.18 Å². The van der Waals surface area contributed by atoms with Gasteiger partial charge in [0.25, 0.3) is 5.91 Å². The van der Waals surface area contributed by atoms with Crippen molar-refractivity contribution in [3.8, 4) is 5.75 Å². The van der Waals surface area contributed by atoms with Gasteiger partial charge in [-0.25, -0.2) is 0 Å². The normalized spacial score (nSPS) is 14.2. The molecule has 1 heterocycles. The van der Waals surface area contributed by atoms with E-state index in [9.17, 15) is 22.8 Å². The van der Waals surface area contributed by atoms with Crippen molar-refractivity contribution in [2.45, 2.75) is 19.0 Å². The molecule has 0 aromatic heterocycles.